The summed E-state index contributed by atoms with van der Waals surface area (Å²) in [6.07, 6.45) is 1.05. The minimum Gasteiger partial charge on any atom is -0.479 e. The number of carbonyl (C=O) groups is 2. The van der Waals surface area contributed by atoms with E-state index in [4.69, 9.17) is 4.74 Å². The van der Waals surface area contributed by atoms with Gasteiger partial charge >= 0.3 is 12.0 Å². The molecule has 6 heteroatoms. The number of nitrogens with one attached hydrogen (secondary N) is 2. The van der Waals surface area contributed by atoms with Gasteiger partial charge in [-0.1, -0.05) is 25.1 Å². The van der Waals surface area contributed by atoms with Gasteiger partial charge in [0, 0.05) is 18.7 Å². The van der Waals surface area contributed by atoms with Crippen LogP contribution in [0.3, 0.4) is 0 Å². The van der Waals surface area contributed by atoms with Gasteiger partial charge in [0.1, 0.15) is 0 Å². The fourth-order valence-electron chi connectivity index (χ4n) is 2.45. The first-order valence-corrected chi connectivity index (χ1v) is 6.97. The highest BCUT2D eigenvalue weighted by atomic mass is 16.5. The van der Waals surface area contributed by atoms with Crippen LogP contribution in [0.1, 0.15) is 24.5 Å². The topological polar surface area (TPSA) is 87.7 Å². The van der Waals surface area contributed by atoms with E-state index in [1.165, 1.54) is 0 Å². The summed E-state index contributed by atoms with van der Waals surface area (Å²) in [5, 5.41) is 14.6. The molecule has 0 bridgehead atoms. The molecule has 0 saturated carbocycles. The lowest BCUT2D eigenvalue weighted by molar-refractivity contribution is -0.144. The van der Waals surface area contributed by atoms with Crippen molar-refractivity contribution in [2.45, 2.75) is 32.2 Å². The van der Waals surface area contributed by atoms with Gasteiger partial charge in [-0.15, -0.1) is 0 Å². The van der Waals surface area contributed by atoms with E-state index in [9.17, 15) is 14.7 Å². The van der Waals surface area contributed by atoms with Crippen molar-refractivity contribution in [3.8, 4) is 0 Å². The molecule has 3 N–H and O–H groups in total. The molecular weight excluding hydrogens is 272 g/mol. The Labute approximate surface area is 123 Å². The predicted molar refractivity (Wildman–Crippen MR) is 78.5 cm³/mol. The molecule has 21 heavy (non-hydrogen) atoms. The largest absolute Gasteiger partial charge is 0.479 e. The van der Waals surface area contributed by atoms with E-state index in [-0.39, 0.29) is 13.0 Å². The zero-order valence-electron chi connectivity index (χ0n) is 12.2. The molecule has 6 nitrogen and oxygen atoms in total. The number of anilines is 1. The first-order chi connectivity index (χ1) is 9.98. The fraction of sp³-hybridized carbons (Fsp3) is 0.467. The molecule has 1 saturated heterocycles. The van der Waals surface area contributed by atoms with Gasteiger partial charge in [-0.2, -0.15) is 0 Å². The lowest BCUT2D eigenvalue weighted by Crippen LogP contribution is -2.56. The average Bonchev–Trinajstić information content (AvgIpc) is 2.91. The van der Waals surface area contributed by atoms with Crippen LogP contribution in [-0.4, -0.2) is 35.9 Å². The van der Waals surface area contributed by atoms with Gasteiger partial charge in [0.2, 0.25) is 0 Å². The molecule has 0 aromatic heterocycles. The van der Waals surface area contributed by atoms with Crippen molar-refractivity contribution in [2.75, 3.05) is 18.5 Å². The Bertz CT molecular complexity index is 551. The lowest BCUT2D eigenvalue weighted by Gasteiger charge is -2.24. The second-order valence-corrected chi connectivity index (χ2v) is 5.23. The van der Waals surface area contributed by atoms with Crippen LogP contribution in [0.25, 0.3) is 0 Å². The molecular formula is C15H20N2O4. The maximum atomic E-state index is 12.2. The molecule has 0 aliphatic carbocycles. The van der Waals surface area contributed by atoms with Crippen molar-refractivity contribution < 1.29 is 19.4 Å². The van der Waals surface area contributed by atoms with E-state index in [1.807, 2.05) is 32.0 Å². The van der Waals surface area contributed by atoms with Gasteiger partial charge in [-0.05, 0) is 24.5 Å². The van der Waals surface area contributed by atoms with Crippen LogP contribution in [-0.2, 0) is 16.0 Å². The highest BCUT2D eigenvalue weighted by Gasteiger charge is 2.44. The van der Waals surface area contributed by atoms with Crippen molar-refractivity contribution in [2.24, 2.45) is 0 Å². The number of aryl methyl sites for hydroxylation is 2. The Morgan fingerprint density at radius 3 is 2.76 bits per heavy atom. The predicted octanol–water partition coefficient (Wildman–Crippen LogP) is 1.92. The zero-order valence-corrected chi connectivity index (χ0v) is 12.2. The standard InChI is InChI=1S/C15H20N2O4/c1-3-11-6-4-5-10(2)12(11)16-14(20)17-15(13(18)19)7-8-21-9-15/h4-6H,3,7-9H2,1-2H3,(H,18,19)(H2,16,17,20). The van der Waals surface area contributed by atoms with Gasteiger partial charge in [0.05, 0.1) is 6.61 Å². The molecule has 2 amide bonds. The van der Waals surface area contributed by atoms with Gasteiger partial charge in [0.25, 0.3) is 0 Å². The average molecular weight is 292 g/mol. The number of hydrogen-bond acceptors (Lipinski definition) is 3. The summed E-state index contributed by atoms with van der Waals surface area (Å²) < 4.78 is 5.12. The molecule has 1 aliphatic heterocycles. The van der Waals surface area contributed by atoms with Crippen LogP contribution in [0.15, 0.2) is 18.2 Å². The number of carboxylic acids is 1. The zero-order chi connectivity index (χ0) is 15.5. The number of benzene rings is 1. The van der Waals surface area contributed by atoms with Gasteiger partial charge < -0.3 is 20.5 Å². The number of amides is 2. The quantitative estimate of drug-likeness (QED) is 0.791. The Kier molecular flexibility index (Phi) is 4.47. The molecule has 1 aromatic rings. The summed E-state index contributed by atoms with van der Waals surface area (Å²) >= 11 is 0. The van der Waals surface area contributed by atoms with E-state index in [1.54, 1.807) is 0 Å². The van der Waals surface area contributed by atoms with Crippen LogP contribution in [0.4, 0.5) is 10.5 Å². The number of rotatable bonds is 4. The molecule has 1 aliphatic rings. The minimum absolute atomic E-state index is 0.00976. The SMILES string of the molecule is CCc1cccc(C)c1NC(=O)NC1(C(=O)O)CCOC1. The van der Waals surface area contributed by atoms with Crippen LogP contribution in [0.5, 0.6) is 0 Å². The van der Waals surface area contributed by atoms with Crippen molar-refractivity contribution in [3.63, 3.8) is 0 Å². The van der Waals surface area contributed by atoms with E-state index in [0.717, 1.165) is 23.2 Å². The first-order valence-electron chi connectivity index (χ1n) is 6.97. The Morgan fingerprint density at radius 1 is 1.43 bits per heavy atom. The third kappa shape index (κ3) is 3.16. The summed E-state index contributed by atoms with van der Waals surface area (Å²) in [5.41, 5.74) is 1.35. The minimum atomic E-state index is -1.33. The van der Waals surface area contributed by atoms with E-state index >= 15 is 0 Å². The molecule has 0 spiro atoms. The summed E-state index contributed by atoms with van der Waals surface area (Å²) in [6, 6.07) is 5.25. The van der Waals surface area contributed by atoms with E-state index < -0.39 is 17.5 Å². The molecule has 1 heterocycles. The highest BCUT2D eigenvalue weighted by Crippen LogP contribution is 2.22. The van der Waals surface area contributed by atoms with Crippen LogP contribution >= 0.6 is 0 Å². The summed E-state index contributed by atoms with van der Waals surface area (Å²) in [5.74, 6) is -1.07. The molecule has 1 fully saturated rings. The molecule has 1 unspecified atom stereocenters. The van der Waals surface area contributed by atoms with E-state index in [0.29, 0.717) is 6.61 Å². The number of ether oxygens (including phenoxy) is 1. The summed E-state index contributed by atoms with van der Waals surface area (Å²) in [6.45, 7) is 4.23. The first kappa shape index (κ1) is 15.3. The third-order valence-corrected chi connectivity index (χ3v) is 3.76. The Morgan fingerprint density at radius 2 is 2.19 bits per heavy atom. The third-order valence-electron chi connectivity index (χ3n) is 3.76. The lowest BCUT2D eigenvalue weighted by atomic mass is 9.99. The van der Waals surface area contributed by atoms with Crippen LogP contribution in [0, 0.1) is 6.92 Å². The van der Waals surface area contributed by atoms with Crippen molar-refractivity contribution in [1.29, 1.82) is 0 Å². The smallest absolute Gasteiger partial charge is 0.332 e. The molecule has 0 radical (unpaired) electrons. The van der Waals surface area contributed by atoms with Crippen LogP contribution < -0.4 is 10.6 Å². The summed E-state index contributed by atoms with van der Waals surface area (Å²) in [7, 11) is 0. The summed E-state index contributed by atoms with van der Waals surface area (Å²) in [4.78, 5) is 23.5. The van der Waals surface area contributed by atoms with Crippen LogP contribution in [0.2, 0.25) is 0 Å². The molecule has 114 valence electrons. The molecule has 1 aromatic carbocycles. The number of carboxylic acid groups (broad SMARTS) is 1. The normalized spacial score (nSPS) is 21.0. The second-order valence-electron chi connectivity index (χ2n) is 5.23. The molecule has 2 rings (SSSR count). The number of carbonyl (C=O) groups excluding carboxylic acids is 1. The number of hydrogen-bond donors (Lipinski definition) is 3. The number of aliphatic carboxylic acids is 1. The second kappa shape index (κ2) is 6.13. The monoisotopic (exact) mass is 292 g/mol. The Hall–Kier alpha value is -2.08. The van der Waals surface area contributed by atoms with Gasteiger partial charge in [-0.3, -0.25) is 0 Å². The van der Waals surface area contributed by atoms with Crippen molar-refractivity contribution in [3.05, 3.63) is 29.3 Å². The Balaban J connectivity index is 2.14. The highest BCUT2D eigenvalue weighted by molar-refractivity contribution is 5.95. The maximum absolute atomic E-state index is 12.2. The number of para-hydroxylation sites is 1. The van der Waals surface area contributed by atoms with Gasteiger partial charge in [-0.25, -0.2) is 9.59 Å². The van der Waals surface area contributed by atoms with Crippen molar-refractivity contribution >= 4 is 17.7 Å². The maximum Gasteiger partial charge on any atom is 0.332 e. The van der Waals surface area contributed by atoms with Crippen molar-refractivity contribution in [1.82, 2.24) is 5.32 Å². The fourth-order valence-corrected chi connectivity index (χ4v) is 2.45. The molecule has 1 atom stereocenters. The van der Waals surface area contributed by atoms with E-state index in [2.05, 4.69) is 10.6 Å². The number of urea groups is 1. The van der Waals surface area contributed by atoms with Gasteiger partial charge in [0.15, 0.2) is 5.54 Å².